The lowest BCUT2D eigenvalue weighted by Crippen LogP contribution is -2.40. The lowest BCUT2D eigenvalue weighted by atomic mass is 10.0. The number of aromatic amines is 5. The van der Waals surface area contributed by atoms with Crippen LogP contribution in [0.3, 0.4) is 0 Å². The molecule has 93 heavy (non-hydrogen) atoms. The van der Waals surface area contributed by atoms with E-state index in [9.17, 15) is 125 Å². The van der Waals surface area contributed by atoms with Crippen LogP contribution in [0.2, 0.25) is 0 Å². The number of hydrogen-bond acceptors (Lipinski definition) is 30. The summed E-state index contributed by atoms with van der Waals surface area (Å²) in [5.41, 5.74) is -14.2. The Morgan fingerprint density at radius 3 is 0.892 bits per heavy atom. The molecule has 24 atom stereocenters. The predicted octanol–water partition coefficient (Wildman–Crippen LogP) is -15.3. The Labute approximate surface area is 511 Å². The van der Waals surface area contributed by atoms with Crippen LogP contribution in [0.15, 0.2) is 84.5 Å². The minimum absolute atomic E-state index is 0.428. The van der Waals surface area contributed by atoms with Crippen molar-refractivity contribution in [3.05, 3.63) is 163 Å². The molecule has 5 saturated heterocycles. The molecule has 40 heteroatoms. The summed E-state index contributed by atoms with van der Waals surface area (Å²) in [5, 5.41) is 163. The molecule has 0 radical (unpaired) electrons. The van der Waals surface area contributed by atoms with Gasteiger partial charge >= 0.3 is 28.4 Å². The molecule has 5 aliphatic rings. The SMILES string of the molecule is O=c1ccn([C@@H]2O[C@H]([C@H](O)C#Cc3cc(=O)[nH]c(=O)n3[C@@H]3O[C@H]([C@H](O)C#Cc4cc(=O)[nH]c(=O)n4[C@@H]4O[C@H]([C@H](O)C#Cc5cc(=O)[nH]c(=O)n5[C@@H]5O[C@H]([C@H](O)C#Cc6cc(=O)[nH]c(=O)n6[C@@H]6O[C@H](CO)[C@@H](O)[C@H]6O)[C@@H](O)[C@H]5O)[C@@H](O)[C@H]4O)[C@@H](O)[C@H]3O)[C@@H](O)[C@H]2O)c(=O)[nH]1. The molecular weight excluding hydrogens is 1260 g/mol. The Hall–Kier alpha value is -9.16. The van der Waals surface area contributed by atoms with Crippen molar-refractivity contribution in [1.82, 2.24) is 47.8 Å². The first-order valence-corrected chi connectivity index (χ1v) is 27.2. The zero-order valence-corrected chi connectivity index (χ0v) is 46.6. The zero-order valence-electron chi connectivity index (χ0n) is 46.6. The van der Waals surface area contributed by atoms with E-state index in [1.807, 2.05) is 24.9 Å². The number of rotatable bonds is 10. The van der Waals surface area contributed by atoms with E-state index in [4.69, 9.17) is 23.7 Å². The smallest absolute Gasteiger partial charge is 0.331 e. The standard InChI is InChI=1S/C53H52N10O30/c64-15-24-30(74)35(79)45(89-24)60-16(11-26(70)55-50(60)85)1-6-21(66)41-32(76)37(81)47(91-41)62-18(13-28(72)57-52(62)87)3-8-23(68)43-34(78)39(83)48(93-43)63-19(14-29(73)58-53(63)88)4-7-22(67)42-33(77)38(82)46(92-42)61-17(12-27(71)56-51(61)86)2-5-20(65)40-31(75)36(80)44(90-40)59-10-9-25(69)54-49(59)84/h9-14,20-24,30-48,64-68,74-83H,15H2,(H,54,69,84)(H,55,70,85)(H,56,71,86)(H,57,72,87)(H,58,73,88)/t20-,21-,22-,23-,24-,30-,31+,32+,33+,34+,35-,36-,37-,38-,39-,40-,41-,42-,43-,44-,45-,46-,47-,48-/m1/s1. The van der Waals surface area contributed by atoms with Crippen LogP contribution in [0.25, 0.3) is 0 Å². The van der Waals surface area contributed by atoms with E-state index in [1.165, 1.54) is 0 Å². The lowest BCUT2D eigenvalue weighted by molar-refractivity contribution is -0.0715. The minimum atomic E-state index is -2.27. The van der Waals surface area contributed by atoms with Gasteiger partial charge in [-0.25, -0.2) is 24.0 Å². The molecule has 20 N–H and O–H groups in total. The highest BCUT2D eigenvalue weighted by Crippen LogP contribution is 2.35. The van der Waals surface area contributed by atoms with Crippen LogP contribution in [-0.2, 0) is 23.7 Å². The summed E-state index contributed by atoms with van der Waals surface area (Å²) in [5.74, 6) is 17.7. The van der Waals surface area contributed by atoms with Gasteiger partial charge in [0.2, 0.25) is 0 Å². The van der Waals surface area contributed by atoms with Crippen LogP contribution in [0.5, 0.6) is 0 Å². The van der Waals surface area contributed by atoms with Crippen LogP contribution in [0, 0.1) is 47.4 Å². The second-order valence-corrected chi connectivity index (χ2v) is 21.3. The van der Waals surface area contributed by atoms with Crippen molar-refractivity contribution in [2.24, 2.45) is 0 Å². The molecule has 494 valence electrons. The van der Waals surface area contributed by atoms with Gasteiger partial charge in [0, 0.05) is 36.5 Å². The third kappa shape index (κ3) is 12.8. The average molecular weight is 1310 g/mol. The molecule has 0 aliphatic carbocycles. The van der Waals surface area contributed by atoms with Gasteiger partial charge in [0.15, 0.2) is 31.1 Å². The fourth-order valence-corrected chi connectivity index (χ4v) is 10.7. The largest absolute Gasteiger partial charge is 0.394 e. The van der Waals surface area contributed by atoms with Crippen molar-refractivity contribution >= 4 is 0 Å². The Balaban J connectivity index is 0.851. The number of nitrogens with zero attached hydrogens (tertiary/aromatic N) is 5. The average Bonchev–Trinajstić information content (AvgIpc) is 1.71. The van der Waals surface area contributed by atoms with Crippen LogP contribution in [0.1, 0.15) is 53.9 Å². The number of nitrogens with one attached hydrogen (secondary N) is 5. The first kappa shape index (κ1) is 66.8. The Morgan fingerprint density at radius 2 is 0.613 bits per heavy atom. The van der Waals surface area contributed by atoms with Gasteiger partial charge < -0.3 is 100 Å². The number of hydrogen-bond donors (Lipinski definition) is 20. The van der Waals surface area contributed by atoms with Crippen molar-refractivity contribution < 1.29 is 100 Å². The molecule has 10 rings (SSSR count). The first-order valence-electron chi connectivity index (χ1n) is 27.2. The van der Waals surface area contributed by atoms with Crippen molar-refractivity contribution in [2.75, 3.05) is 6.61 Å². The maximum absolute atomic E-state index is 13.4. The quantitative estimate of drug-likeness (QED) is 0.0577. The van der Waals surface area contributed by atoms with E-state index in [2.05, 4.69) is 47.4 Å². The summed E-state index contributed by atoms with van der Waals surface area (Å²) in [6.07, 6.45) is -47.1. The molecule has 0 aromatic carbocycles. The Kier molecular flexibility index (Phi) is 19.0. The van der Waals surface area contributed by atoms with Gasteiger partial charge in [-0.15, -0.1) is 0 Å². The fourth-order valence-electron chi connectivity index (χ4n) is 10.7. The zero-order chi connectivity index (χ0) is 67.5. The highest BCUT2D eigenvalue weighted by atomic mass is 16.6. The van der Waals surface area contributed by atoms with E-state index < -0.39 is 233 Å². The van der Waals surface area contributed by atoms with E-state index in [0.717, 1.165) is 18.3 Å². The monoisotopic (exact) mass is 1310 g/mol. The normalized spacial score (nSPS) is 32.6. The number of aliphatic hydroxyl groups is 15. The molecule has 5 aromatic rings. The second kappa shape index (κ2) is 26.4. The summed E-state index contributed by atoms with van der Waals surface area (Å²) in [4.78, 5) is 136. The summed E-state index contributed by atoms with van der Waals surface area (Å²) >= 11 is 0. The summed E-state index contributed by atoms with van der Waals surface area (Å²) in [7, 11) is 0. The molecule has 0 amide bonds. The third-order valence-electron chi connectivity index (χ3n) is 15.3. The molecule has 0 bridgehead atoms. The maximum atomic E-state index is 13.4. The van der Waals surface area contributed by atoms with Gasteiger partial charge in [0.1, 0.15) is 139 Å². The molecule has 0 unspecified atom stereocenters. The highest BCUT2D eigenvalue weighted by molar-refractivity contribution is 5.34. The van der Waals surface area contributed by atoms with E-state index in [1.54, 1.807) is 0 Å². The fraction of sp³-hybridized carbons (Fsp3) is 0.472. The number of H-pyrrole nitrogens is 5. The van der Waals surface area contributed by atoms with Crippen molar-refractivity contribution in [3.8, 4) is 47.4 Å². The molecule has 10 heterocycles. The maximum Gasteiger partial charge on any atom is 0.331 e. The minimum Gasteiger partial charge on any atom is -0.394 e. The number of aliphatic hydroxyl groups excluding tert-OH is 15. The van der Waals surface area contributed by atoms with Crippen LogP contribution >= 0.6 is 0 Å². The Morgan fingerprint density at radius 1 is 0.355 bits per heavy atom. The van der Waals surface area contributed by atoms with Crippen molar-refractivity contribution in [3.63, 3.8) is 0 Å². The first-order chi connectivity index (χ1) is 44.0. The van der Waals surface area contributed by atoms with E-state index >= 15 is 0 Å². The lowest BCUT2D eigenvalue weighted by Gasteiger charge is -2.20. The summed E-state index contributed by atoms with van der Waals surface area (Å²) in [6.45, 7) is -0.803. The van der Waals surface area contributed by atoms with Crippen molar-refractivity contribution in [2.45, 2.75) is 147 Å². The predicted molar refractivity (Wildman–Crippen MR) is 295 cm³/mol. The van der Waals surface area contributed by atoms with Gasteiger partial charge in [-0.05, 0) is 23.7 Å². The van der Waals surface area contributed by atoms with Gasteiger partial charge in [-0.1, -0.05) is 23.7 Å². The van der Waals surface area contributed by atoms with E-state index in [0.29, 0.717) is 41.0 Å². The van der Waals surface area contributed by atoms with Crippen molar-refractivity contribution in [1.29, 1.82) is 0 Å². The summed E-state index contributed by atoms with van der Waals surface area (Å²) in [6, 6.07) is 3.56. The molecule has 5 fully saturated rings. The third-order valence-corrected chi connectivity index (χ3v) is 15.3. The molecule has 0 saturated carbocycles. The number of ether oxygens (including phenoxy) is 5. The van der Waals surface area contributed by atoms with Gasteiger partial charge in [-0.2, -0.15) is 0 Å². The van der Waals surface area contributed by atoms with Gasteiger partial charge in [0.25, 0.3) is 27.8 Å². The molecule has 40 nitrogen and oxygen atoms in total. The Bertz CT molecular complexity index is 4630. The summed E-state index contributed by atoms with van der Waals surface area (Å²) < 4.78 is 30.4. The molecule has 0 spiro atoms. The molecule has 5 aromatic heterocycles. The van der Waals surface area contributed by atoms with Gasteiger partial charge in [-0.3, -0.25) is 71.7 Å². The topological polar surface area (TPSA) is 624 Å². The van der Waals surface area contributed by atoms with Gasteiger partial charge in [0.05, 0.1) is 6.61 Å². The second-order valence-electron chi connectivity index (χ2n) is 21.3. The molecule has 5 aliphatic heterocycles. The van der Waals surface area contributed by atoms with E-state index in [-0.39, 0.29) is 0 Å². The van der Waals surface area contributed by atoms with Crippen LogP contribution < -0.4 is 56.2 Å². The number of aromatic nitrogens is 10. The highest BCUT2D eigenvalue weighted by Gasteiger charge is 2.52. The van der Waals surface area contributed by atoms with Crippen LogP contribution in [0.4, 0.5) is 0 Å². The van der Waals surface area contributed by atoms with Crippen LogP contribution in [-0.4, -0.2) is 247 Å². The molecular formula is C53H52N10O30.